The summed E-state index contributed by atoms with van der Waals surface area (Å²) in [6.45, 7) is 0. The fourth-order valence-corrected chi connectivity index (χ4v) is 8.81. The monoisotopic (exact) mass is 270 g/mol. The van der Waals surface area contributed by atoms with E-state index >= 15 is 0 Å². The van der Waals surface area contributed by atoms with Crippen molar-refractivity contribution < 1.29 is 14.3 Å². The van der Waals surface area contributed by atoms with Gasteiger partial charge >= 0.3 is 11.9 Å². The predicted molar refractivity (Wildman–Crippen MR) is 69.9 cm³/mol. The van der Waals surface area contributed by atoms with Crippen LogP contribution in [0, 0.1) is 0 Å². The summed E-state index contributed by atoms with van der Waals surface area (Å²) in [4.78, 5) is 23.7. The highest BCUT2D eigenvalue weighted by molar-refractivity contribution is 7.68. The molecule has 3 aliphatic heterocycles. The molecular weight excluding hydrogens is 254 g/mol. The van der Waals surface area contributed by atoms with Gasteiger partial charge in [-0.3, -0.25) is 0 Å². The van der Waals surface area contributed by atoms with Crippen molar-refractivity contribution in [2.24, 2.45) is 0 Å². The topological polar surface area (TPSA) is 43.4 Å². The highest BCUT2D eigenvalue weighted by atomic mass is 31.1. The Bertz CT molecular complexity index is 355. The molecule has 2 fully saturated rings. The summed E-state index contributed by atoms with van der Waals surface area (Å²) in [5, 5.41) is 1.69. The smallest absolute Gasteiger partial charge is 0.347 e. The molecule has 0 aromatic rings. The fourth-order valence-electron chi connectivity index (χ4n) is 2.81. The van der Waals surface area contributed by atoms with Crippen LogP contribution in [0.25, 0.3) is 0 Å². The Labute approximate surface area is 103 Å². The van der Waals surface area contributed by atoms with Gasteiger partial charge in [0.15, 0.2) is 0 Å². The molecule has 0 bridgehead atoms. The van der Waals surface area contributed by atoms with Crippen molar-refractivity contribution in [2.45, 2.75) is 25.7 Å². The van der Waals surface area contributed by atoms with Crippen molar-refractivity contribution in [3.63, 3.8) is 0 Å². The zero-order valence-electron chi connectivity index (χ0n) is 9.78. The number of rotatable bonds is 2. The molecule has 0 spiro atoms. The SMILES string of the molecule is O=C1OC(=O)C(P2CCCC2)=C1P1CCCC1. The number of esters is 2. The molecule has 0 radical (unpaired) electrons. The van der Waals surface area contributed by atoms with Crippen LogP contribution in [0.15, 0.2) is 10.6 Å². The molecule has 3 heterocycles. The quantitative estimate of drug-likeness (QED) is 0.440. The molecule has 92 valence electrons. The molecule has 17 heavy (non-hydrogen) atoms. The summed E-state index contributed by atoms with van der Waals surface area (Å²) in [7, 11) is -0.734. The van der Waals surface area contributed by atoms with Gasteiger partial charge in [-0.05, 0) is 50.3 Å². The van der Waals surface area contributed by atoms with E-state index in [9.17, 15) is 9.59 Å². The summed E-state index contributed by atoms with van der Waals surface area (Å²) in [5.41, 5.74) is 0. The van der Waals surface area contributed by atoms with E-state index in [0.29, 0.717) is 0 Å². The first-order valence-electron chi connectivity index (χ1n) is 6.28. The van der Waals surface area contributed by atoms with E-state index in [0.717, 1.165) is 35.3 Å². The lowest BCUT2D eigenvalue weighted by atomic mass is 10.4. The van der Waals surface area contributed by atoms with Crippen LogP contribution >= 0.6 is 15.8 Å². The van der Waals surface area contributed by atoms with Crippen LogP contribution in [0.5, 0.6) is 0 Å². The van der Waals surface area contributed by atoms with Crippen LogP contribution in [-0.2, 0) is 14.3 Å². The first-order valence-corrected chi connectivity index (χ1v) is 9.70. The van der Waals surface area contributed by atoms with Gasteiger partial charge in [0.05, 0.1) is 10.6 Å². The van der Waals surface area contributed by atoms with Crippen LogP contribution in [0.4, 0.5) is 0 Å². The van der Waals surface area contributed by atoms with Gasteiger partial charge in [0, 0.05) is 0 Å². The van der Waals surface area contributed by atoms with Crippen molar-refractivity contribution >= 4 is 27.8 Å². The third-order valence-corrected chi connectivity index (χ3v) is 9.32. The van der Waals surface area contributed by atoms with E-state index in [2.05, 4.69) is 0 Å². The second-order valence-electron chi connectivity index (χ2n) is 4.76. The van der Waals surface area contributed by atoms with E-state index in [1.165, 1.54) is 25.7 Å². The highest BCUT2D eigenvalue weighted by Crippen LogP contribution is 2.62. The third kappa shape index (κ3) is 2.09. The molecule has 0 saturated carbocycles. The van der Waals surface area contributed by atoms with Gasteiger partial charge in [0.2, 0.25) is 0 Å². The van der Waals surface area contributed by atoms with Crippen LogP contribution < -0.4 is 0 Å². The molecule has 0 amide bonds. The summed E-state index contributed by atoms with van der Waals surface area (Å²) in [6, 6.07) is 0. The minimum atomic E-state index is -0.367. The largest absolute Gasteiger partial charge is 0.386 e. The van der Waals surface area contributed by atoms with Crippen LogP contribution in [-0.4, -0.2) is 36.6 Å². The van der Waals surface area contributed by atoms with Crippen molar-refractivity contribution in [1.82, 2.24) is 0 Å². The Kier molecular flexibility index (Phi) is 3.32. The lowest BCUT2D eigenvalue weighted by Gasteiger charge is -2.13. The Morgan fingerprint density at radius 2 is 1.06 bits per heavy atom. The first kappa shape index (κ1) is 11.8. The molecule has 3 aliphatic rings. The first-order chi connectivity index (χ1) is 8.27. The molecule has 0 N–H and O–H groups in total. The average molecular weight is 270 g/mol. The van der Waals surface area contributed by atoms with Crippen molar-refractivity contribution in [3.05, 3.63) is 10.6 Å². The second-order valence-corrected chi connectivity index (χ2v) is 9.61. The molecule has 3 nitrogen and oxygen atoms in total. The molecule has 0 atom stereocenters. The van der Waals surface area contributed by atoms with Crippen molar-refractivity contribution in [2.75, 3.05) is 24.6 Å². The maximum absolute atomic E-state index is 11.9. The van der Waals surface area contributed by atoms with Gasteiger partial charge < -0.3 is 4.74 Å². The average Bonchev–Trinajstić information content (AvgIpc) is 2.98. The maximum atomic E-state index is 11.9. The van der Waals surface area contributed by atoms with Crippen LogP contribution in [0.2, 0.25) is 0 Å². The Balaban J connectivity index is 1.96. The van der Waals surface area contributed by atoms with Crippen molar-refractivity contribution in [1.29, 1.82) is 0 Å². The van der Waals surface area contributed by atoms with Gasteiger partial charge in [-0.25, -0.2) is 9.59 Å². The Morgan fingerprint density at radius 3 is 1.41 bits per heavy atom. The van der Waals surface area contributed by atoms with Crippen LogP contribution in [0.3, 0.4) is 0 Å². The van der Waals surface area contributed by atoms with Gasteiger partial charge in [-0.1, -0.05) is 15.8 Å². The van der Waals surface area contributed by atoms with E-state index in [1.54, 1.807) is 0 Å². The number of hydrogen-bond donors (Lipinski definition) is 0. The zero-order valence-corrected chi connectivity index (χ0v) is 11.6. The molecule has 5 heteroatoms. The van der Waals surface area contributed by atoms with E-state index in [4.69, 9.17) is 4.74 Å². The summed E-state index contributed by atoms with van der Waals surface area (Å²) in [6.07, 6.45) is 9.34. The predicted octanol–water partition coefficient (Wildman–Crippen LogP) is 2.83. The molecule has 0 aromatic carbocycles. The normalized spacial score (nSPS) is 27.3. The van der Waals surface area contributed by atoms with Gasteiger partial charge in [0.1, 0.15) is 0 Å². The lowest BCUT2D eigenvalue weighted by Crippen LogP contribution is -2.02. The maximum Gasteiger partial charge on any atom is 0.347 e. The number of carbonyl (C=O) groups excluding carboxylic acids is 2. The minimum absolute atomic E-state index is 0.299. The minimum Gasteiger partial charge on any atom is -0.386 e. The van der Waals surface area contributed by atoms with E-state index < -0.39 is 0 Å². The molecule has 0 aromatic heterocycles. The lowest BCUT2D eigenvalue weighted by molar-refractivity contribution is -0.150. The standard InChI is InChI=1S/C12H16O3P2/c13-11-9(16-5-1-2-6-16)10(12(14)15-11)17-7-3-4-8-17/h1-8H2. The molecule has 0 unspecified atom stereocenters. The zero-order chi connectivity index (χ0) is 11.8. The summed E-state index contributed by atoms with van der Waals surface area (Å²) in [5.74, 6) is -0.597. The number of cyclic esters (lactones) is 2. The molecule has 0 aliphatic carbocycles. The number of ether oxygens (including phenoxy) is 1. The second kappa shape index (κ2) is 4.78. The Hall–Kier alpha value is -0.260. The Morgan fingerprint density at radius 1 is 0.706 bits per heavy atom. The third-order valence-electron chi connectivity index (χ3n) is 3.64. The molecule has 3 rings (SSSR count). The molecular formula is C12H16O3P2. The fraction of sp³-hybridized carbons (Fsp3) is 0.667. The number of carbonyl (C=O) groups is 2. The van der Waals surface area contributed by atoms with Crippen molar-refractivity contribution in [3.8, 4) is 0 Å². The summed E-state index contributed by atoms with van der Waals surface area (Å²) >= 11 is 0. The van der Waals surface area contributed by atoms with E-state index in [1.807, 2.05) is 0 Å². The van der Waals surface area contributed by atoms with Gasteiger partial charge in [-0.2, -0.15) is 0 Å². The van der Waals surface area contributed by atoms with Gasteiger partial charge in [0.25, 0.3) is 0 Å². The van der Waals surface area contributed by atoms with E-state index in [-0.39, 0.29) is 27.8 Å². The van der Waals surface area contributed by atoms with Crippen LogP contribution in [0.1, 0.15) is 25.7 Å². The number of hydrogen-bond acceptors (Lipinski definition) is 3. The highest BCUT2D eigenvalue weighted by Gasteiger charge is 2.42. The van der Waals surface area contributed by atoms with Gasteiger partial charge in [-0.15, -0.1) is 0 Å². The molecule has 2 saturated heterocycles. The summed E-state index contributed by atoms with van der Waals surface area (Å²) < 4.78 is 4.89.